The Morgan fingerprint density at radius 2 is 2.00 bits per heavy atom. The Hall–Kier alpha value is -2.03. The molecule has 2 aromatic carbocycles. The largest absolute Gasteiger partial charge is 0.493 e. The highest BCUT2D eigenvalue weighted by atomic mass is 16.5. The Balaban J connectivity index is 2.33. The fraction of sp³-hybridized carbons (Fsp3) is 0.353. The Labute approximate surface area is 119 Å². The van der Waals surface area contributed by atoms with Gasteiger partial charge in [0.05, 0.1) is 6.61 Å². The summed E-state index contributed by atoms with van der Waals surface area (Å²) in [7, 11) is 0. The second kappa shape index (κ2) is 6.94. The number of unbranched alkanes of at least 4 members (excludes halogenated alkanes) is 1. The molecule has 0 amide bonds. The van der Waals surface area contributed by atoms with Gasteiger partial charge in [0, 0.05) is 12.0 Å². The van der Waals surface area contributed by atoms with Crippen LogP contribution in [-0.2, 0) is 11.2 Å². The van der Waals surface area contributed by atoms with Gasteiger partial charge < -0.3 is 9.84 Å². The summed E-state index contributed by atoms with van der Waals surface area (Å²) >= 11 is 0. The number of carbonyl (C=O) groups is 1. The summed E-state index contributed by atoms with van der Waals surface area (Å²) in [6.45, 7) is 2.80. The van der Waals surface area contributed by atoms with Crippen LogP contribution in [0.3, 0.4) is 0 Å². The number of hydrogen-bond donors (Lipinski definition) is 1. The average Bonchev–Trinajstić information content (AvgIpc) is 2.45. The SMILES string of the molecule is CCCCOc1ccc2ccccc2c1CCC(=O)O. The molecule has 1 N–H and O–H groups in total. The van der Waals surface area contributed by atoms with E-state index in [9.17, 15) is 4.79 Å². The van der Waals surface area contributed by atoms with Gasteiger partial charge in [0.15, 0.2) is 0 Å². The number of aliphatic carboxylic acids is 1. The number of ether oxygens (including phenoxy) is 1. The molecule has 0 radical (unpaired) electrons. The molecule has 2 aromatic rings. The van der Waals surface area contributed by atoms with E-state index in [1.165, 1.54) is 0 Å². The lowest BCUT2D eigenvalue weighted by Gasteiger charge is -2.13. The maximum absolute atomic E-state index is 10.8. The number of benzene rings is 2. The van der Waals surface area contributed by atoms with E-state index in [-0.39, 0.29) is 6.42 Å². The van der Waals surface area contributed by atoms with Crippen LogP contribution >= 0.6 is 0 Å². The van der Waals surface area contributed by atoms with Crippen molar-refractivity contribution in [2.45, 2.75) is 32.6 Å². The molecule has 3 heteroatoms. The van der Waals surface area contributed by atoms with Crippen LogP contribution < -0.4 is 4.74 Å². The molecular weight excluding hydrogens is 252 g/mol. The molecule has 20 heavy (non-hydrogen) atoms. The van der Waals surface area contributed by atoms with E-state index >= 15 is 0 Å². The van der Waals surface area contributed by atoms with Crippen LogP contribution in [0.2, 0.25) is 0 Å². The highest BCUT2D eigenvalue weighted by Crippen LogP contribution is 2.29. The summed E-state index contributed by atoms with van der Waals surface area (Å²) in [5.41, 5.74) is 1.00. The molecule has 0 aliphatic rings. The fourth-order valence-electron chi connectivity index (χ4n) is 2.27. The van der Waals surface area contributed by atoms with E-state index < -0.39 is 5.97 Å². The molecule has 0 aliphatic carbocycles. The number of carboxylic acids is 1. The molecule has 0 saturated heterocycles. The smallest absolute Gasteiger partial charge is 0.303 e. The first-order valence-corrected chi connectivity index (χ1v) is 7.07. The molecule has 0 aliphatic heterocycles. The van der Waals surface area contributed by atoms with Crippen molar-refractivity contribution in [2.24, 2.45) is 0 Å². The number of hydrogen-bond acceptors (Lipinski definition) is 2. The predicted octanol–water partition coefficient (Wildman–Crippen LogP) is 4.04. The van der Waals surface area contributed by atoms with Gasteiger partial charge in [-0.05, 0) is 29.7 Å². The van der Waals surface area contributed by atoms with Crippen LogP contribution in [0.5, 0.6) is 5.75 Å². The molecular formula is C17H20O3. The van der Waals surface area contributed by atoms with Gasteiger partial charge in [-0.1, -0.05) is 43.7 Å². The summed E-state index contributed by atoms with van der Waals surface area (Å²) < 4.78 is 5.83. The molecule has 3 nitrogen and oxygen atoms in total. The lowest BCUT2D eigenvalue weighted by atomic mass is 10.00. The van der Waals surface area contributed by atoms with Crippen LogP contribution in [0.25, 0.3) is 10.8 Å². The minimum absolute atomic E-state index is 0.123. The van der Waals surface area contributed by atoms with E-state index in [2.05, 4.69) is 6.92 Å². The Morgan fingerprint density at radius 1 is 1.20 bits per heavy atom. The van der Waals surface area contributed by atoms with E-state index in [1.54, 1.807) is 0 Å². The topological polar surface area (TPSA) is 46.5 Å². The Morgan fingerprint density at radius 3 is 2.75 bits per heavy atom. The van der Waals surface area contributed by atoms with Crippen molar-refractivity contribution >= 4 is 16.7 Å². The van der Waals surface area contributed by atoms with Crippen LogP contribution in [0.4, 0.5) is 0 Å². The third kappa shape index (κ3) is 3.50. The van der Waals surface area contributed by atoms with Gasteiger partial charge in [0.2, 0.25) is 0 Å². The van der Waals surface area contributed by atoms with Gasteiger partial charge in [-0.25, -0.2) is 0 Å². The van der Waals surface area contributed by atoms with Crippen molar-refractivity contribution in [1.82, 2.24) is 0 Å². The average molecular weight is 272 g/mol. The van der Waals surface area contributed by atoms with Gasteiger partial charge >= 0.3 is 5.97 Å². The second-order valence-electron chi connectivity index (χ2n) is 4.86. The number of fused-ring (bicyclic) bond motifs is 1. The van der Waals surface area contributed by atoms with E-state index in [0.717, 1.165) is 34.9 Å². The van der Waals surface area contributed by atoms with Gasteiger partial charge in [-0.15, -0.1) is 0 Å². The molecule has 106 valence electrons. The van der Waals surface area contributed by atoms with Crippen LogP contribution in [0.1, 0.15) is 31.7 Å². The lowest BCUT2D eigenvalue weighted by Crippen LogP contribution is -2.03. The van der Waals surface area contributed by atoms with Crippen molar-refractivity contribution in [1.29, 1.82) is 0 Å². The first kappa shape index (κ1) is 14.4. The standard InChI is InChI=1S/C17H20O3/c1-2-3-12-20-16-10-8-13-6-4-5-7-14(13)15(16)9-11-17(18)19/h4-8,10H,2-3,9,11-12H2,1H3,(H,18,19). The zero-order valence-electron chi connectivity index (χ0n) is 11.8. The third-order valence-electron chi connectivity index (χ3n) is 3.34. The van der Waals surface area contributed by atoms with E-state index in [4.69, 9.17) is 9.84 Å². The van der Waals surface area contributed by atoms with Crippen LogP contribution in [-0.4, -0.2) is 17.7 Å². The molecule has 0 bridgehead atoms. The van der Waals surface area contributed by atoms with Crippen LogP contribution in [0.15, 0.2) is 36.4 Å². The molecule has 0 unspecified atom stereocenters. The molecule has 0 fully saturated rings. The summed E-state index contributed by atoms with van der Waals surface area (Å²) in [5.74, 6) is 0.0378. The molecule has 0 spiro atoms. The number of carboxylic acid groups (broad SMARTS) is 1. The van der Waals surface area contributed by atoms with Crippen molar-refractivity contribution in [3.8, 4) is 5.75 Å². The van der Waals surface area contributed by atoms with Gasteiger partial charge in [-0.2, -0.15) is 0 Å². The quantitative estimate of drug-likeness (QED) is 0.774. The number of aryl methyl sites for hydroxylation is 1. The summed E-state index contributed by atoms with van der Waals surface area (Å²) in [6.07, 6.45) is 2.71. The van der Waals surface area contributed by atoms with Gasteiger partial charge in [0.1, 0.15) is 5.75 Å². The molecule has 0 heterocycles. The Bertz CT molecular complexity index is 590. The zero-order valence-corrected chi connectivity index (χ0v) is 11.8. The van der Waals surface area contributed by atoms with Crippen molar-refractivity contribution in [3.05, 3.63) is 42.0 Å². The minimum Gasteiger partial charge on any atom is -0.493 e. The maximum atomic E-state index is 10.8. The van der Waals surface area contributed by atoms with Gasteiger partial charge in [0.25, 0.3) is 0 Å². The van der Waals surface area contributed by atoms with Crippen LogP contribution in [0, 0.1) is 0 Å². The summed E-state index contributed by atoms with van der Waals surface area (Å²) in [6, 6.07) is 12.0. The highest BCUT2D eigenvalue weighted by molar-refractivity contribution is 5.88. The van der Waals surface area contributed by atoms with E-state index in [0.29, 0.717) is 13.0 Å². The molecule has 0 aromatic heterocycles. The lowest BCUT2D eigenvalue weighted by molar-refractivity contribution is -0.136. The van der Waals surface area contributed by atoms with Crippen molar-refractivity contribution < 1.29 is 14.6 Å². The first-order chi connectivity index (χ1) is 9.72. The molecule has 2 rings (SSSR count). The maximum Gasteiger partial charge on any atom is 0.303 e. The van der Waals surface area contributed by atoms with Crippen molar-refractivity contribution in [3.63, 3.8) is 0 Å². The van der Waals surface area contributed by atoms with E-state index in [1.807, 2.05) is 36.4 Å². The zero-order chi connectivity index (χ0) is 14.4. The predicted molar refractivity (Wildman–Crippen MR) is 80.3 cm³/mol. The second-order valence-corrected chi connectivity index (χ2v) is 4.86. The Kier molecular flexibility index (Phi) is 4.99. The first-order valence-electron chi connectivity index (χ1n) is 7.07. The number of rotatable bonds is 7. The van der Waals surface area contributed by atoms with Gasteiger partial charge in [-0.3, -0.25) is 4.79 Å². The normalized spacial score (nSPS) is 10.7. The highest BCUT2D eigenvalue weighted by Gasteiger charge is 2.10. The third-order valence-corrected chi connectivity index (χ3v) is 3.34. The monoisotopic (exact) mass is 272 g/mol. The molecule has 0 atom stereocenters. The summed E-state index contributed by atoms with van der Waals surface area (Å²) in [5, 5.41) is 11.1. The molecule has 0 saturated carbocycles. The fourth-order valence-corrected chi connectivity index (χ4v) is 2.27. The van der Waals surface area contributed by atoms with Crippen molar-refractivity contribution in [2.75, 3.05) is 6.61 Å². The minimum atomic E-state index is -0.780. The summed E-state index contributed by atoms with van der Waals surface area (Å²) in [4.78, 5) is 10.8.